The summed E-state index contributed by atoms with van der Waals surface area (Å²) in [5, 5.41) is 3.39. The number of aliphatic imine (C=N–C) groups is 1. The van der Waals surface area contributed by atoms with Gasteiger partial charge in [0.1, 0.15) is 5.15 Å². The van der Waals surface area contributed by atoms with Gasteiger partial charge in [0.25, 0.3) is 0 Å². The fraction of sp³-hybridized carbons (Fsp3) is 0.667. The quantitative estimate of drug-likeness (QED) is 0.848. The zero-order valence-corrected chi connectivity index (χ0v) is 13.6. The van der Waals surface area contributed by atoms with Gasteiger partial charge in [0.15, 0.2) is 5.82 Å². The Bertz CT molecular complexity index is 527. The lowest BCUT2D eigenvalue weighted by Gasteiger charge is -2.14. The van der Waals surface area contributed by atoms with Gasteiger partial charge in [-0.05, 0) is 31.1 Å². The van der Waals surface area contributed by atoms with Gasteiger partial charge in [-0.3, -0.25) is 0 Å². The molecule has 1 fully saturated rings. The third kappa shape index (κ3) is 2.80. The molecule has 0 aromatic carbocycles. The lowest BCUT2D eigenvalue weighted by Crippen LogP contribution is -2.10. The van der Waals surface area contributed by atoms with E-state index in [-0.39, 0.29) is 0 Å². The molecular weight excluding hydrogens is 272 g/mol. The summed E-state index contributed by atoms with van der Waals surface area (Å²) >= 11 is 6.14. The Balaban J connectivity index is 2.38. The minimum absolute atomic E-state index is 0.467. The number of hydrogen-bond donors (Lipinski definition) is 1. The average molecular weight is 295 g/mol. The predicted octanol–water partition coefficient (Wildman–Crippen LogP) is 4.25. The molecule has 0 saturated heterocycles. The van der Waals surface area contributed by atoms with Crippen LogP contribution in [0.15, 0.2) is 4.99 Å². The van der Waals surface area contributed by atoms with Crippen LogP contribution in [0.3, 0.4) is 0 Å². The van der Waals surface area contributed by atoms with Crippen molar-refractivity contribution in [1.82, 2.24) is 9.97 Å². The van der Waals surface area contributed by atoms with Gasteiger partial charge >= 0.3 is 0 Å². The Hall–Kier alpha value is -1.16. The zero-order valence-electron chi connectivity index (χ0n) is 12.9. The molecule has 0 amide bonds. The molecule has 3 unspecified atom stereocenters. The first-order valence-electron chi connectivity index (χ1n) is 7.27. The Morgan fingerprint density at radius 3 is 2.60 bits per heavy atom. The van der Waals surface area contributed by atoms with E-state index < -0.39 is 0 Å². The van der Waals surface area contributed by atoms with E-state index in [9.17, 15) is 0 Å². The van der Waals surface area contributed by atoms with Crippen molar-refractivity contribution in [1.29, 1.82) is 0 Å². The lowest BCUT2D eigenvalue weighted by molar-refractivity contribution is 0.357. The van der Waals surface area contributed by atoms with E-state index in [4.69, 9.17) is 16.6 Å². The number of nitrogens with one attached hydrogen (secondary N) is 1. The van der Waals surface area contributed by atoms with Crippen molar-refractivity contribution >= 4 is 29.1 Å². The molecule has 4 nitrogen and oxygen atoms in total. The highest BCUT2D eigenvalue weighted by Gasteiger charge is 2.33. The summed E-state index contributed by atoms with van der Waals surface area (Å²) in [6.07, 6.45) is 2.27. The van der Waals surface area contributed by atoms with E-state index in [0.29, 0.717) is 28.8 Å². The maximum Gasteiger partial charge on any atom is 0.225 e. The second kappa shape index (κ2) is 6.08. The Labute approximate surface area is 126 Å². The van der Waals surface area contributed by atoms with Gasteiger partial charge in [-0.1, -0.05) is 38.8 Å². The van der Waals surface area contributed by atoms with Crippen molar-refractivity contribution in [3.8, 4) is 0 Å². The molecule has 1 aliphatic rings. The monoisotopic (exact) mass is 294 g/mol. The molecule has 1 heterocycles. The van der Waals surface area contributed by atoms with E-state index >= 15 is 0 Å². The molecule has 1 saturated carbocycles. The second-order valence-corrected chi connectivity index (χ2v) is 6.02. The van der Waals surface area contributed by atoms with E-state index in [0.717, 1.165) is 17.9 Å². The molecule has 1 N–H and O–H groups in total. The number of nitrogens with zero attached hydrogens (tertiary/aromatic N) is 3. The van der Waals surface area contributed by atoms with Crippen LogP contribution in [0.1, 0.15) is 39.2 Å². The Kier molecular flexibility index (Phi) is 4.63. The molecule has 0 radical (unpaired) electrons. The summed E-state index contributed by atoms with van der Waals surface area (Å²) in [4.78, 5) is 13.4. The van der Waals surface area contributed by atoms with Crippen molar-refractivity contribution < 1.29 is 0 Å². The maximum atomic E-state index is 6.14. The molecule has 20 heavy (non-hydrogen) atoms. The van der Waals surface area contributed by atoms with E-state index in [1.165, 1.54) is 12.1 Å². The topological polar surface area (TPSA) is 50.2 Å². The number of anilines is 1. The van der Waals surface area contributed by atoms with Gasteiger partial charge in [-0.15, -0.1) is 0 Å². The summed E-state index contributed by atoms with van der Waals surface area (Å²) in [6, 6.07) is 0. The van der Waals surface area contributed by atoms with Crippen LogP contribution in [-0.4, -0.2) is 22.7 Å². The molecule has 0 spiro atoms. The van der Waals surface area contributed by atoms with E-state index in [2.05, 4.69) is 36.1 Å². The fourth-order valence-electron chi connectivity index (χ4n) is 2.85. The Morgan fingerprint density at radius 2 is 2.05 bits per heavy atom. The summed E-state index contributed by atoms with van der Waals surface area (Å²) in [5.74, 6) is 3.13. The first kappa shape index (κ1) is 15.2. The standard InChI is InChI=1S/C15H23ClN4/c1-6-11-7-12(9(3)8(11)2)18-14-10(4)13(16)19-15(17-5)20-14/h8-9,11H,6-7H2,1-5H3,(H,17,19,20). The molecule has 1 aromatic rings. The first-order chi connectivity index (χ1) is 9.47. The van der Waals surface area contributed by atoms with Gasteiger partial charge < -0.3 is 5.32 Å². The summed E-state index contributed by atoms with van der Waals surface area (Å²) in [7, 11) is 1.78. The average Bonchev–Trinajstić information content (AvgIpc) is 2.71. The number of aromatic nitrogens is 2. The molecule has 5 heteroatoms. The van der Waals surface area contributed by atoms with Crippen LogP contribution in [0.25, 0.3) is 0 Å². The summed E-state index contributed by atoms with van der Waals surface area (Å²) < 4.78 is 0. The SMILES string of the molecule is CCC1CC(=Nc2nc(NC)nc(Cl)c2C)C(C)C1C. The van der Waals surface area contributed by atoms with Crippen LogP contribution < -0.4 is 5.32 Å². The molecule has 1 aromatic heterocycles. The molecule has 110 valence electrons. The van der Waals surface area contributed by atoms with Gasteiger partial charge in [0.2, 0.25) is 5.95 Å². The third-order valence-electron chi connectivity index (χ3n) is 4.59. The molecular formula is C15H23ClN4. The second-order valence-electron chi connectivity index (χ2n) is 5.66. The normalized spacial score (nSPS) is 28.1. The molecule has 1 aliphatic carbocycles. The summed E-state index contributed by atoms with van der Waals surface area (Å²) in [5.41, 5.74) is 2.09. The molecule has 0 bridgehead atoms. The van der Waals surface area contributed by atoms with Crippen LogP contribution in [0, 0.1) is 24.7 Å². The third-order valence-corrected chi connectivity index (χ3v) is 4.96. The first-order valence-corrected chi connectivity index (χ1v) is 7.65. The fourth-order valence-corrected chi connectivity index (χ4v) is 3.02. The van der Waals surface area contributed by atoms with Crippen molar-refractivity contribution in [2.24, 2.45) is 22.7 Å². The highest BCUT2D eigenvalue weighted by molar-refractivity contribution is 6.30. The molecule has 0 aliphatic heterocycles. The smallest absolute Gasteiger partial charge is 0.225 e. The number of rotatable bonds is 3. The van der Waals surface area contributed by atoms with Crippen LogP contribution in [0.4, 0.5) is 11.8 Å². The number of hydrogen-bond acceptors (Lipinski definition) is 4. The minimum Gasteiger partial charge on any atom is -0.357 e. The predicted molar refractivity (Wildman–Crippen MR) is 85.1 cm³/mol. The van der Waals surface area contributed by atoms with Crippen LogP contribution >= 0.6 is 11.6 Å². The van der Waals surface area contributed by atoms with Crippen LogP contribution in [0.2, 0.25) is 5.15 Å². The zero-order chi connectivity index (χ0) is 14.9. The summed E-state index contributed by atoms with van der Waals surface area (Å²) in [6.45, 7) is 8.75. The number of halogens is 1. The Morgan fingerprint density at radius 1 is 1.35 bits per heavy atom. The highest BCUT2D eigenvalue weighted by Crippen LogP contribution is 2.38. The van der Waals surface area contributed by atoms with Crippen LogP contribution in [-0.2, 0) is 0 Å². The van der Waals surface area contributed by atoms with E-state index in [1.54, 1.807) is 7.05 Å². The van der Waals surface area contributed by atoms with Crippen molar-refractivity contribution in [3.05, 3.63) is 10.7 Å². The molecule has 2 rings (SSSR count). The van der Waals surface area contributed by atoms with Gasteiger partial charge in [0, 0.05) is 18.3 Å². The van der Waals surface area contributed by atoms with Gasteiger partial charge in [-0.25, -0.2) is 9.98 Å². The van der Waals surface area contributed by atoms with Crippen molar-refractivity contribution in [2.45, 2.75) is 40.5 Å². The van der Waals surface area contributed by atoms with Crippen LogP contribution in [0.5, 0.6) is 0 Å². The van der Waals surface area contributed by atoms with Crippen molar-refractivity contribution in [3.63, 3.8) is 0 Å². The largest absolute Gasteiger partial charge is 0.357 e. The maximum absolute atomic E-state index is 6.14. The lowest BCUT2D eigenvalue weighted by atomic mass is 9.91. The van der Waals surface area contributed by atoms with Gasteiger partial charge in [0.05, 0.1) is 0 Å². The highest BCUT2D eigenvalue weighted by atomic mass is 35.5. The molecule has 3 atom stereocenters. The van der Waals surface area contributed by atoms with E-state index in [1.807, 2.05) is 6.92 Å². The van der Waals surface area contributed by atoms with Crippen molar-refractivity contribution in [2.75, 3.05) is 12.4 Å². The minimum atomic E-state index is 0.467. The van der Waals surface area contributed by atoms with Gasteiger partial charge in [-0.2, -0.15) is 4.98 Å².